The number of rotatable bonds is 13. The first kappa shape index (κ1) is 29.4. The molecular weight excluding hydrogens is 332 g/mol. The summed E-state index contributed by atoms with van der Waals surface area (Å²) in [6.45, 7) is 11.6. The van der Waals surface area contributed by atoms with E-state index in [1.807, 2.05) is 14.1 Å². The molecule has 0 aromatic heterocycles. The molecule has 0 rings (SSSR count). The number of amides is 1. The molecule has 0 aliphatic rings. The van der Waals surface area contributed by atoms with Crippen LogP contribution in [0.4, 0.5) is 0 Å². The van der Waals surface area contributed by atoms with E-state index in [4.69, 9.17) is 5.73 Å². The monoisotopic (exact) mass is 376 g/mol. The summed E-state index contributed by atoms with van der Waals surface area (Å²) in [5, 5.41) is 0. The first-order valence-electron chi connectivity index (χ1n) is 10.1. The predicted molar refractivity (Wildman–Crippen MR) is 108 cm³/mol. The van der Waals surface area contributed by atoms with Gasteiger partial charge in [0.05, 0.1) is 20.6 Å². The van der Waals surface area contributed by atoms with Gasteiger partial charge in [0.1, 0.15) is 0 Å². The molecule has 2 N–H and O–H groups in total. The highest BCUT2D eigenvalue weighted by Crippen LogP contribution is 2.12. The maximum atomic E-state index is 11.9. The largest absolute Gasteiger partial charge is 1.00 e. The summed E-state index contributed by atoms with van der Waals surface area (Å²) in [5.41, 5.74) is 5.70. The van der Waals surface area contributed by atoms with Crippen molar-refractivity contribution in [2.24, 2.45) is 5.73 Å². The molecule has 0 aromatic rings. The highest BCUT2D eigenvalue weighted by atomic mass is 35.5. The Balaban J connectivity index is -0.000000867. The zero-order chi connectivity index (χ0) is 18.8. The standard InChI is InChI=1S/C18H36NO.C3H9N.ClH/c1-6-7-8-9-10-11-12-13-14-15-16-19(4,5)18(20)17(2)3;1-2-3-4;/h2,6-16H2,1,3-5H3;2-4H2,1H3;1H/q+1;;/p-1. The van der Waals surface area contributed by atoms with Gasteiger partial charge < -0.3 is 18.1 Å². The van der Waals surface area contributed by atoms with Crippen molar-refractivity contribution in [3.63, 3.8) is 0 Å². The number of nitrogens with zero attached hydrogens (tertiary/aromatic N) is 1. The lowest BCUT2D eigenvalue weighted by Gasteiger charge is -2.26. The molecule has 0 radical (unpaired) electrons. The topological polar surface area (TPSA) is 43.1 Å². The molecule has 0 spiro atoms. The van der Waals surface area contributed by atoms with E-state index in [0.717, 1.165) is 25.9 Å². The molecule has 3 nitrogen and oxygen atoms in total. The Morgan fingerprint density at radius 2 is 1.20 bits per heavy atom. The van der Waals surface area contributed by atoms with E-state index in [-0.39, 0.29) is 18.3 Å². The first-order valence-corrected chi connectivity index (χ1v) is 10.1. The third kappa shape index (κ3) is 19.8. The number of hydrogen-bond acceptors (Lipinski definition) is 2. The smallest absolute Gasteiger partial charge is 0.340 e. The summed E-state index contributed by atoms with van der Waals surface area (Å²) in [7, 11) is 3.98. The Morgan fingerprint density at radius 3 is 1.52 bits per heavy atom. The average Bonchev–Trinajstić information content (AvgIpc) is 2.55. The number of quaternary nitrogens is 1. The van der Waals surface area contributed by atoms with Crippen molar-refractivity contribution in [2.75, 3.05) is 27.2 Å². The van der Waals surface area contributed by atoms with Crippen molar-refractivity contribution in [1.29, 1.82) is 0 Å². The van der Waals surface area contributed by atoms with Gasteiger partial charge in [-0.2, -0.15) is 0 Å². The second-order valence-corrected chi connectivity index (χ2v) is 7.46. The van der Waals surface area contributed by atoms with E-state index in [9.17, 15) is 4.79 Å². The number of carbonyl (C=O) groups excluding carboxylic acids is 1. The third-order valence-electron chi connectivity index (χ3n) is 4.27. The zero-order valence-corrected chi connectivity index (χ0v) is 18.5. The number of nitrogens with two attached hydrogens (primary N) is 1. The van der Waals surface area contributed by atoms with Gasteiger partial charge in [0, 0.05) is 5.57 Å². The molecule has 0 aliphatic carbocycles. The number of hydrogen-bond donors (Lipinski definition) is 1. The molecule has 0 bridgehead atoms. The van der Waals surface area contributed by atoms with Crippen LogP contribution in [0.15, 0.2) is 12.2 Å². The van der Waals surface area contributed by atoms with Crippen LogP contribution in [0.3, 0.4) is 0 Å². The molecule has 25 heavy (non-hydrogen) atoms. The van der Waals surface area contributed by atoms with Crippen molar-refractivity contribution in [3.05, 3.63) is 12.2 Å². The summed E-state index contributed by atoms with van der Waals surface area (Å²) in [6, 6.07) is 0. The molecular formula is C21H45ClN2O. The van der Waals surface area contributed by atoms with Crippen LogP contribution in [-0.4, -0.2) is 37.6 Å². The van der Waals surface area contributed by atoms with Gasteiger partial charge in [0.25, 0.3) is 0 Å². The molecule has 0 saturated heterocycles. The van der Waals surface area contributed by atoms with Gasteiger partial charge in [-0.05, 0) is 32.7 Å². The predicted octanol–water partition coefficient (Wildman–Crippen LogP) is 2.45. The Labute approximate surface area is 164 Å². The minimum Gasteiger partial charge on any atom is -1.00 e. The van der Waals surface area contributed by atoms with Crippen LogP contribution < -0.4 is 18.1 Å². The van der Waals surface area contributed by atoms with Crippen molar-refractivity contribution >= 4 is 5.91 Å². The SMILES string of the molecule is C=C(C)C(=O)[N+](C)(C)CCCCCCCCCCCC.CCCN.[Cl-]. The summed E-state index contributed by atoms with van der Waals surface area (Å²) >= 11 is 0. The minimum absolute atomic E-state index is 0. The number of carbonyl (C=O) groups is 1. The fourth-order valence-corrected chi connectivity index (χ4v) is 2.61. The molecule has 4 heteroatoms. The van der Waals surface area contributed by atoms with Gasteiger partial charge in [0.2, 0.25) is 0 Å². The first-order chi connectivity index (χ1) is 11.3. The normalized spacial score (nSPS) is 10.5. The lowest BCUT2D eigenvalue weighted by Crippen LogP contribution is -3.00. The van der Waals surface area contributed by atoms with Crippen LogP contribution in [0.25, 0.3) is 0 Å². The fourth-order valence-electron chi connectivity index (χ4n) is 2.61. The van der Waals surface area contributed by atoms with Crippen molar-refractivity contribution < 1.29 is 21.7 Å². The van der Waals surface area contributed by atoms with Gasteiger partial charge >= 0.3 is 5.91 Å². The lowest BCUT2D eigenvalue weighted by molar-refractivity contribution is -0.812. The zero-order valence-electron chi connectivity index (χ0n) is 17.7. The highest BCUT2D eigenvalue weighted by Gasteiger charge is 2.25. The van der Waals surface area contributed by atoms with E-state index in [1.54, 1.807) is 6.92 Å². The minimum atomic E-state index is 0. The molecule has 0 unspecified atom stereocenters. The Hall–Kier alpha value is -0.380. The molecule has 1 amide bonds. The number of likely N-dealkylation sites (N-methyl/N-ethyl adjacent to an activating group) is 1. The van der Waals surface area contributed by atoms with Crippen LogP contribution in [0.2, 0.25) is 0 Å². The highest BCUT2D eigenvalue weighted by molar-refractivity contribution is 5.86. The van der Waals surface area contributed by atoms with Crippen molar-refractivity contribution in [2.45, 2.75) is 91.4 Å². The Kier molecular flexibility index (Phi) is 23.4. The summed E-state index contributed by atoms with van der Waals surface area (Å²) in [4.78, 5) is 11.9. The van der Waals surface area contributed by atoms with Crippen LogP contribution in [0.5, 0.6) is 0 Å². The van der Waals surface area contributed by atoms with Crippen LogP contribution in [0, 0.1) is 0 Å². The molecule has 0 heterocycles. The van der Waals surface area contributed by atoms with E-state index in [1.165, 1.54) is 57.8 Å². The summed E-state index contributed by atoms with van der Waals surface area (Å²) in [6.07, 6.45) is 14.5. The maximum absolute atomic E-state index is 11.9. The van der Waals surface area contributed by atoms with E-state index in [2.05, 4.69) is 20.4 Å². The number of halogens is 1. The summed E-state index contributed by atoms with van der Waals surface area (Å²) in [5.74, 6) is 0.168. The van der Waals surface area contributed by atoms with Crippen molar-refractivity contribution in [3.8, 4) is 0 Å². The number of unbranched alkanes of at least 4 members (excludes halogenated alkanes) is 9. The molecule has 0 saturated carbocycles. The van der Waals surface area contributed by atoms with Gasteiger partial charge in [0.15, 0.2) is 0 Å². The quantitative estimate of drug-likeness (QED) is 0.305. The maximum Gasteiger partial charge on any atom is 0.340 e. The van der Waals surface area contributed by atoms with Crippen LogP contribution in [0.1, 0.15) is 91.4 Å². The van der Waals surface area contributed by atoms with E-state index < -0.39 is 0 Å². The molecule has 0 fully saturated rings. The summed E-state index contributed by atoms with van der Waals surface area (Å²) < 4.78 is 0.451. The van der Waals surface area contributed by atoms with Gasteiger partial charge in [-0.15, -0.1) is 0 Å². The van der Waals surface area contributed by atoms with Crippen LogP contribution >= 0.6 is 0 Å². The fraction of sp³-hybridized carbons (Fsp3) is 0.857. The molecule has 152 valence electrons. The molecule has 0 aromatic carbocycles. The van der Waals surface area contributed by atoms with Gasteiger partial charge in [-0.3, -0.25) is 4.48 Å². The third-order valence-corrected chi connectivity index (χ3v) is 4.27. The second-order valence-electron chi connectivity index (χ2n) is 7.46. The van der Waals surface area contributed by atoms with Gasteiger partial charge in [-0.1, -0.05) is 71.8 Å². The Morgan fingerprint density at radius 1 is 0.840 bits per heavy atom. The average molecular weight is 377 g/mol. The van der Waals surface area contributed by atoms with E-state index >= 15 is 0 Å². The van der Waals surface area contributed by atoms with Gasteiger partial charge in [-0.25, -0.2) is 4.79 Å². The molecule has 0 atom stereocenters. The van der Waals surface area contributed by atoms with E-state index in [0.29, 0.717) is 10.1 Å². The second kappa shape index (κ2) is 19.9. The van der Waals surface area contributed by atoms with Crippen LogP contribution in [-0.2, 0) is 4.79 Å². The Bertz CT molecular complexity index is 315. The lowest BCUT2D eigenvalue weighted by atomic mass is 10.1. The van der Waals surface area contributed by atoms with Crippen molar-refractivity contribution in [1.82, 2.24) is 0 Å². The molecule has 0 aliphatic heterocycles.